The molecule has 25 heavy (non-hydrogen) atoms. The molecule has 7 nitrogen and oxygen atoms in total. The number of Topliss-reactive ketones (excluding diaryl/α,β-unsaturated/α-hetero) is 1. The Morgan fingerprint density at radius 2 is 1.96 bits per heavy atom. The lowest BCUT2D eigenvalue weighted by Crippen LogP contribution is -2.38. The fourth-order valence-corrected chi connectivity index (χ4v) is 2.96. The van der Waals surface area contributed by atoms with Crippen molar-refractivity contribution < 1.29 is 4.79 Å². The van der Waals surface area contributed by atoms with Crippen LogP contribution < -0.4 is 17.0 Å². The second kappa shape index (κ2) is 6.68. The molecular weight excluding hydrogens is 320 g/mol. The second-order valence-corrected chi connectivity index (χ2v) is 6.55. The lowest BCUT2D eigenvalue weighted by Gasteiger charge is -2.24. The van der Waals surface area contributed by atoms with E-state index in [1.807, 2.05) is 49.2 Å². The van der Waals surface area contributed by atoms with Crippen molar-refractivity contribution >= 4 is 11.6 Å². The summed E-state index contributed by atoms with van der Waals surface area (Å²) in [6.45, 7) is 2.02. The Balaban J connectivity index is 1.85. The monoisotopic (exact) mass is 342 g/mol. The Morgan fingerprint density at radius 1 is 1.32 bits per heavy atom. The van der Waals surface area contributed by atoms with E-state index in [9.17, 15) is 14.4 Å². The Labute approximate surface area is 145 Å². The van der Waals surface area contributed by atoms with Gasteiger partial charge in [-0.1, -0.05) is 30.3 Å². The first kappa shape index (κ1) is 17.2. The highest BCUT2D eigenvalue weighted by Crippen LogP contribution is 2.35. The minimum atomic E-state index is -0.717. The van der Waals surface area contributed by atoms with Gasteiger partial charge in [-0.3, -0.25) is 24.0 Å². The maximum absolute atomic E-state index is 12.7. The van der Waals surface area contributed by atoms with Gasteiger partial charge in [-0.25, -0.2) is 4.79 Å². The molecule has 1 aliphatic rings. The zero-order valence-corrected chi connectivity index (χ0v) is 14.4. The predicted octanol–water partition coefficient (Wildman–Crippen LogP) is 1.33. The van der Waals surface area contributed by atoms with Crippen LogP contribution in [0.4, 0.5) is 5.82 Å². The van der Waals surface area contributed by atoms with Gasteiger partial charge in [0, 0.05) is 12.1 Å². The van der Waals surface area contributed by atoms with Crippen LogP contribution >= 0.6 is 0 Å². The van der Waals surface area contributed by atoms with Gasteiger partial charge in [0.15, 0.2) is 5.78 Å². The summed E-state index contributed by atoms with van der Waals surface area (Å²) in [5.74, 6) is -0.416. The molecule has 2 aromatic rings. The van der Waals surface area contributed by atoms with E-state index in [4.69, 9.17) is 5.73 Å². The number of likely N-dealkylation sites (N-methyl/N-ethyl adjacent to an activating group) is 1. The number of benzene rings is 1. The molecule has 0 saturated heterocycles. The van der Waals surface area contributed by atoms with Gasteiger partial charge < -0.3 is 5.73 Å². The maximum atomic E-state index is 12.7. The van der Waals surface area contributed by atoms with Crippen molar-refractivity contribution in [2.75, 3.05) is 19.3 Å². The molecule has 0 radical (unpaired) electrons. The minimum absolute atomic E-state index is 0.000191. The van der Waals surface area contributed by atoms with Gasteiger partial charge in [-0.15, -0.1) is 0 Å². The van der Waals surface area contributed by atoms with E-state index < -0.39 is 17.0 Å². The molecule has 1 saturated carbocycles. The van der Waals surface area contributed by atoms with E-state index >= 15 is 0 Å². The van der Waals surface area contributed by atoms with Crippen molar-refractivity contribution in [2.24, 2.45) is 0 Å². The molecule has 0 aliphatic heterocycles. The summed E-state index contributed by atoms with van der Waals surface area (Å²) >= 11 is 0. The summed E-state index contributed by atoms with van der Waals surface area (Å²) in [5.41, 5.74) is 5.67. The number of H-pyrrole nitrogens is 1. The molecule has 1 aromatic carbocycles. The first-order valence-corrected chi connectivity index (χ1v) is 8.32. The highest BCUT2D eigenvalue weighted by atomic mass is 16.2. The number of hydrogen-bond acceptors (Lipinski definition) is 5. The van der Waals surface area contributed by atoms with Gasteiger partial charge in [0.1, 0.15) is 11.4 Å². The first-order chi connectivity index (χ1) is 11.9. The van der Waals surface area contributed by atoms with E-state index in [0.717, 1.165) is 18.4 Å². The number of hydrogen-bond donors (Lipinski definition) is 2. The van der Waals surface area contributed by atoms with E-state index in [-0.39, 0.29) is 30.0 Å². The number of nitrogens with one attached hydrogen (secondary N) is 1. The summed E-state index contributed by atoms with van der Waals surface area (Å²) in [5, 5.41) is 0. The Kier molecular flexibility index (Phi) is 4.59. The van der Waals surface area contributed by atoms with Crippen LogP contribution in [0.25, 0.3) is 0 Å². The molecule has 3 N–H and O–H groups in total. The fourth-order valence-electron chi connectivity index (χ4n) is 2.96. The number of carbonyl (C=O) groups excluding carboxylic acids is 1. The van der Waals surface area contributed by atoms with Crippen LogP contribution in [0.2, 0.25) is 0 Å². The molecule has 1 aliphatic carbocycles. The van der Waals surface area contributed by atoms with Gasteiger partial charge in [0.25, 0.3) is 5.56 Å². The van der Waals surface area contributed by atoms with Crippen LogP contribution in [-0.4, -0.2) is 33.8 Å². The van der Waals surface area contributed by atoms with E-state index in [2.05, 4.69) is 4.98 Å². The largest absolute Gasteiger partial charge is 0.384 e. The third-order valence-electron chi connectivity index (χ3n) is 4.71. The summed E-state index contributed by atoms with van der Waals surface area (Å²) in [6.07, 6.45) is 1.66. The molecule has 1 heterocycles. The smallest absolute Gasteiger partial charge is 0.330 e. The molecule has 1 fully saturated rings. The molecule has 0 unspecified atom stereocenters. The number of anilines is 1. The van der Waals surface area contributed by atoms with Gasteiger partial charge in [0.05, 0.1) is 6.54 Å². The third kappa shape index (κ3) is 3.41. The zero-order chi connectivity index (χ0) is 18.1. The van der Waals surface area contributed by atoms with Gasteiger partial charge >= 0.3 is 5.69 Å². The second-order valence-electron chi connectivity index (χ2n) is 6.55. The highest BCUT2D eigenvalue weighted by molar-refractivity contribution is 6.01. The number of aromatic amines is 1. The Bertz CT molecular complexity index is 897. The van der Waals surface area contributed by atoms with Crippen LogP contribution in [0.3, 0.4) is 0 Å². The van der Waals surface area contributed by atoms with Crippen molar-refractivity contribution in [3.8, 4) is 0 Å². The quantitative estimate of drug-likeness (QED) is 0.771. The lowest BCUT2D eigenvalue weighted by molar-refractivity contribution is 0.0923. The first-order valence-electron chi connectivity index (χ1n) is 8.32. The average Bonchev–Trinajstić information content (AvgIpc) is 3.39. The van der Waals surface area contributed by atoms with Crippen molar-refractivity contribution in [3.63, 3.8) is 0 Å². The van der Waals surface area contributed by atoms with Crippen LogP contribution in [0.15, 0.2) is 39.9 Å². The topological polar surface area (TPSA) is 101 Å². The van der Waals surface area contributed by atoms with Crippen LogP contribution in [-0.2, 0) is 0 Å². The number of carbonyl (C=O) groups is 1. The van der Waals surface area contributed by atoms with E-state index in [1.165, 1.54) is 4.57 Å². The van der Waals surface area contributed by atoms with Gasteiger partial charge in [-0.2, -0.15) is 0 Å². The summed E-state index contributed by atoms with van der Waals surface area (Å²) < 4.78 is 1.33. The summed E-state index contributed by atoms with van der Waals surface area (Å²) in [6, 6.07) is 9.77. The van der Waals surface area contributed by atoms with Crippen molar-refractivity contribution in [1.29, 1.82) is 0 Å². The third-order valence-corrected chi connectivity index (χ3v) is 4.71. The molecule has 0 spiro atoms. The molecule has 1 aromatic heterocycles. The minimum Gasteiger partial charge on any atom is -0.384 e. The highest BCUT2D eigenvalue weighted by Gasteiger charge is 2.30. The van der Waals surface area contributed by atoms with Crippen molar-refractivity contribution in [2.45, 2.75) is 31.8 Å². The number of rotatable bonds is 6. The molecule has 7 heteroatoms. The van der Waals surface area contributed by atoms with E-state index in [1.54, 1.807) is 0 Å². The SMILES string of the molecule is C[C@H](c1ccccc1)N(C)CC(=O)c1c(N)n(C2CC2)c(=O)[nH]c1=O. The zero-order valence-electron chi connectivity index (χ0n) is 14.4. The van der Waals surface area contributed by atoms with Crippen LogP contribution in [0.5, 0.6) is 0 Å². The number of nitrogens with two attached hydrogens (primary N) is 1. The number of ketones is 1. The maximum Gasteiger partial charge on any atom is 0.330 e. The summed E-state index contributed by atoms with van der Waals surface area (Å²) in [7, 11) is 1.82. The van der Waals surface area contributed by atoms with Crippen molar-refractivity contribution in [3.05, 3.63) is 62.3 Å². The predicted molar refractivity (Wildman–Crippen MR) is 95.8 cm³/mol. The Morgan fingerprint density at radius 3 is 2.56 bits per heavy atom. The molecule has 1 atom stereocenters. The van der Waals surface area contributed by atoms with E-state index in [0.29, 0.717) is 0 Å². The number of nitrogen functional groups attached to an aromatic ring is 1. The number of nitrogens with zero attached hydrogens (tertiary/aromatic N) is 2. The molecule has 0 amide bonds. The molecule has 0 bridgehead atoms. The van der Waals surface area contributed by atoms with Gasteiger partial charge in [-0.05, 0) is 32.4 Å². The lowest BCUT2D eigenvalue weighted by atomic mass is 10.1. The van der Waals surface area contributed by atoms with Crippen LogP contribution in [0, 0.1) is 0 Å². The summed E-state index contributed by atoms with van der Waals surface area (Å²) in [4.78, 5) is 40.8. The standard InChI is InChI=1S/C18H22N4O3/c1-11(12-6-4-3-5-7-12)21(2)10-14(23)15-16(19)22(13-8-9-13)18(25)20-17(15)24/h3-7,11,13H,8-10,19H2,1-2H3,(H,20,24,25)/t11-/m1/s1. The fraction of sp³-hybridized carbons (Fsp3) is 0.389. The molecular formula is C18H22N4O3. The van der Waals surface area contributed by atoms with Crippen molar-refractivity contribution in [1.82, 2.24) is 14.5 Å². The molecule has 132 valence electrons. The average molecular weight is 342 g/mol. The number of aromatic nitrogens is 2. The van der Waals surface area contributed by atoms with Gasteiger partial charge in [0.2, 0.25) is 0 Å². The molecule has 3 rings (SSSR count). The Hall–Kier alpha value is -2.67. The normalized spacial score (nSPS) is 15.3. The van der Waals surface area contributed by atoms with Crippen LogP contribution in [0.1, 0.15) is 47.8 Å².